The van der Waals surface area contributed by atoms with E-state index in [-0.39, 0.29) is 25.0 Å². The number of nitriles is 1. The maximum atomic E-state index is 11.8. The lowest BCUT2D eigenvalue weighted by atomic mass is 9.67. The first-order valence-electron chi connectivity index (χ1n) is 3.21. The largest absolute Gasteiger partial charge is 0.300 e. The van der Waals surface area contributed by atoms with Gasteiger partial charge < -0.3 is 0 Å². The predicted molar refractivity (Wildman–Crippen MR) is 32.9 cm³/mol. The molecule has 0 aromatic heterocycles. The summed E-state index contributed by atoms with van der Waals surface area (Å²) in [6.07, 6.45) is 0.732. The lowest BCUT2D eigenvalue weighted by molar-refractivity contribution is -0.130. The highest BCUT2D eigenvalue weighted by molar-refractivity contribution is 5.87. The molecule has 2 nitrogen and oxygen atoms in total. The molecule has 1 aliphatic carbocycles. The van der Waals surface area contributed by atoms with E-state index >= 15 is 0 Å². The van der Waals surface area contributed by atoms with Crippen LogP contribution in [0.3, 0.4) is 0 Å². The van der Waals surface area contributed by atoms with Crippen LogP contribution in [-0.2, 0) is 4.79 Å². The summed E-state index contributed by atoms with van der Waals surface area (Å²) in [7, 11) is 0. The Morgan fingerprint density at radius 3 is 2.60 bits per heavy atom. The zero-order valence-corrected chi connectivity index (χ0v) is 5.56. The molecule has 0 spiro atoms. The Morgan fingerprint density at radius 2 is 2.30 bits per heavy atom. The molecule has 0 atom stereocenters. The van der Waals surface area contributed by atoms with Gasteiger partial charge in [0.05, 0.1) is 18.2 Å². The summed E-state index contributed by atoms with van der Waals surface area (Å²) in [5.41, 5.74) is -0.633. The highest BCUT2D eigenvalue weighted by Crippen LogP contribution is 2.40. The van der Waals surface area contributed by atoms with Crippen molar-refractivity contribution in [1.29, 1.82) is 5.26 Å². The van der Waals surface area contributed by atoms with Crippen molar-refractivity contribution in [3.63, 3.8) is 0 Å². The first kappa shape index (κ1) is 7.20. The summed E-state index contributed by atoms with van der Waals surface area (Å²) >= 11 is 0. The molecule has 3 heteroatoms. The van der Waals surface area contributed by atoms with Gasteiger partial charge in [0.2, 0.25) is 0 Å². The number of carbonyl (C=O) groups excluding carboxylic acids is 1. The van der Waals surface area contributed by atoms with Crippen molar-refractivity contribution in [2.45, 2.75) is 19.3 Å². The van der Waals surface area contributed by atoms with Crippen molar-refractivity contribution < 1.29 is 9.18 Å². The van der Waals surface area contributed by atoms with E-state index in [9.17, 15) is 9.18 Å². The molecular formula is C7H8FNO. The Morgan fingerprint density at radius 1 is 1.70 bits per heavy atom. The fraction of sp³-hybridized carbons (Fsp3) is 0.714. The van der Waals surface area contributed by atoms with Crippen LogP contribution in [0.4, 0.5) is 4.39 Å². The van der Waals surface area contributed by atoms with Crippen LogP contribution < -0.4 is 0 Å². The van der Waals surface area contributed by atoms with Crippen molar-refractivity contribution in [3.05, 3.63) is 0 Å². The maximum Gasteiger partial charge on any atom is 0.136 e. The lowest BCUT2D eigenvalue weighted by Gasteiger charge is -2.32. The summed E-state index contributed by atoms with van der Waals surface area (Å²) in [4.78, 5) is 10.5. The number of nitrogens with zero attached hydrogens (tertiary/aromatic N) is 1. The molecule has 0 unspecified atom stereocenters. The molecule has 0 aliphatic heterocycles. The van der Waals surface area contributed by atoms with E-state index in [4.69, 9.17) is 5.26 Å². The van der Waals surface area contributed by atoms with Gasteiger partial charge in [0, 0.05) is 12.8 Å². The summed E-state index contributed by atoms with van der Waals surface area (Å²) in [6.45, 7) is -0.499. The molecule has 0 aromatic rings. The number of halogens is 1. The van der Waals surface area contributed by atoms with E-state index in [0.717, 1.165) is 0 Å². The van der Waals surface area contributed by atoms with E-state index in [1.165, 1.54) is 0 Å². The highest BCUT2D eigenvalue weighted by atomic mass is 19.1. The van der Waals surface area contributed by atoms with Crippen LogP contribution in [0.2, 0.25) is 0 Å². The summed E-state index contributed by atoms with van der Waals surface area (Å²) in [5.74, 6) is 0.0787. The number of carbonyl (C=O) groups is 1. The molecule has 1 rings (SSSR count). The second kappa shape index (κ2) is 2.37. The van der Waals surface area contributed by atoms with Gasteiger partial charge in [0.1, 0.15) is 5.78 Å². The van der Waals surface area contributed by atoms with Crippen LogP contribution in [0, 0.1) is 16.7 Å². The Balaban J connectivity index is 2.50. The van der Waals surface area contributed by atoms with Gasteiger partial charge >= 0.3 is 0 Å². The van der Waals surface area contributed by atoms with Gasteiger partial charge in [0.25, 0.3) is 0 Å². The van der Waals surface area contributed by atoms with Crippen LogP contribution in [0.1, 0.15) is 19.3 Å². The third-order valence-electron chi connectivity index (χ3n) is 1.88. The van der Waals surface area contributed by atoms with Gasteiger partial charge in [-0.15, -0.1) is 0 Å². The Labute approximate surface area is 58.6 Å². The van der Waals surface area contributed by atoms with Crippen LogP contribution in [0.25, 0.3) is 0 Å². The molecule has 0 saturated heterocycles. The number of Topliss-reactive ketones (excluding diaryl/α,β-unsaturated/α-hetero) is 1. The molecule has 54 valence electrons. The predicted octanol–water partition coefficient (Wildman–Crippen LogP) is 1.22. The van der Waals surface area contributed by atoms with Crippen LogP contribution in [0.5, 0.6) is 0 Å². The molecule has 0 N–H and O–H groups in total. The molecule has 0 bridgehead atoms. The van der Waals surface area contributed by atoms with Crippen LogP contribution in [0.15, 0.2) is 0 Å². The second-order valence-corrected chi connectivity index (χ2v) is 2.72. The smallest absolute Gasteiger partial charge is 0.136 e. The third-order valence-corrected chi connectivity index (χ3v) is 1.88. The minimum atomic E-state index is -0.633. The zero-order valence-electron chi connectivity index (χ0n) is 5.56. The lowest BCUT2D eigenvalue weighted by Crippen LogP contribution is -2.36. The number of hydrogen-bond donors (Lipinski definition) is 0. The summed E-state index contributed by atoms with van der Waals surface area (Å²) < 4.78 is 11.8. The topological polar surface area (TPSA) is 40.9 Å². The molecule has 0 aromatic carbocycles. The number of rotatable bonds is 2. The van der Waals surface area contributed by atoms with E-state index in [0.29, 0.717) is 0 Å². The Bertz CT molecular complexity index is 186. The molecule has 10 heavy (non-hydrogen) atoms. The van der Waals surface area contributed by atoms with Gasteiger partial charge in [-0.05, 0) is 6.42 Å². The summed E-state index contributed by atoms with van der Waals surface area (Å²) in [6, 6.07) is 1.99. The van der Waals surface area contributed by atoms with Gasteiger partial charge in [-0.1, -0.05) is 0 Å². The normalized spacial score (nSPS) is 21.4. The molecule has 0 amide bonds. The standard InChI is InChI=1S/C7H8FNO/c8-2-1-7(5-9)3-6(10)4-7/h1-4H2. The van der Waals surface area contributed by atoms with E-state index in [2.05, 4.69) is 0 Å². The average molecular weight is 141 g/mol. The van der Waals surface area contributed by atoms with Gasteiger partial charge in [0.15, 0.2) is 0 Å². The Hall–Kier alpha value is -0.910. The van der Waals surface area contributed by atoms with Crippen LogP contribution in [-0.4, -0.2) is 12.5 Å². The number of hydrogen-bond acceptors (Lipinski definition) is 2. The number of alkyl halides is 1. The second-order valence-electron chi connectivity index (χ2n) is 2.72. The minimum Gasteiger partial charge on any atom is -0.300 e. The third kappa shape index (κ3) is 1.02. The molecule has 1 saturated carbocycles. The van der Waals surface area contributed by atoms with Gasteiger partial charge in [-0.25, -0.2) is 0 Å². The molecule has 1 aliphatic rings. The van der Waals surface area contributed by atoms with E-state index in [1.807, 2.05) is 6.07 Å². The molecule has 0 radical (unpaired) electrons. The highest BCUT2D eigenvalue weighted by Gasteiger charge is 2.43. The minimum absolute atomic E-state index is 0.0787. The van der Waals surface area contributed by atoms with Crippen molar-refractivity contribution in [3.8, 4) is 6.07 Å². The first-order chi connectivity index (χ1) is 4.72. The number of ketones is 1. The zero-order chi connectivity index (χ0) is 7.61. The average Bonchev–Trinajstić information content (AvgIpc) is 1.84. The quantitative estimate of drug-likeness (QED) is 0.580. The van der Waals surface area contributed by atoms with Crippen molar-refractivity contribution in [2.75, 3.05) is 6.67 Å². The molecule has 0 heterocycles. The van der Waals surface area contributed by atoms with Crippen molar-refractivity contribution >= 4 is 5.78 Å². The van der Waals surface area contributed by atoms with Gasteiger partial charge in [-0.2, -0.15) is 5.26 Å². The molecule has 1 fully saturated rings. The van der Waals surface area contributed by atoms with Crippen molar-refractivity contribution in [2.24, 2.45) is 5.41 Å². The SMILES string of the molecule is N#CC1(CCF)CC(=O)C1. The van der Waals surface area contributed by atoms with E-state index < -0.39 is 12.1 Å². The monoisotopic (exact) mass is 141 g/mol. The fourth-order valence-corrected chi connectivity index (χ4v) is 1.20. The Kier molecular flexibility index (Phi) is 1.71. The van der Waals surface area contributed by atoms with E-state index in [1.54, 1.807) is 0 Å². The maximum absolute atomic E-state index is 11.8. The fourth-order valence-electron chi connectivity index (χ4n) is 1.20. The van der Waals surface area contributed by atoms with Crippen LogP contribution >= 0.6 is 0 Å². The van der Waals surface area contributed by atoms with Crippen molar-refractivity contribution in [1.82, 2.24) is 0 Å². The first-order valence-corrected chi connectivity index (χ1v) is 3.21. The molecular weight excluding hydrogens is 133 g/mol. The summed E-state index contributed by atoms with van der Waals surface area (Å²) in [5, 5.41) is 8.52. The van der Waals surface area contributed by atoms with Gasteiger partial charge in [-0.3, -0.25) is 9.18 Å².